The van der Waals surface area contributed by atoms with Gasteiger partial charge in [0.05, 0.1) is 17.7 Å². The van der Waals surface area contributed by atoms with E-state index in [9.17, 15) is 18.0 Å². The lowest BCUT2D eigenvalue weighted by atomic mass is 10.1. The van der Waals surface area contributed by atoms with Gasteiger partial charge in [-0.3, -0.25) is 13.9 Å². The Balaban J connectivity index is 2.11. The van der Waals surface area contributed by atoms with Gasteiger partial charge in [0.25, 0.3) is 10.0 Å². The van der Waals surface area contributed by atoms with Crippen LogP contribution < -0.4 is 14.4 Å². The molecule has 0 aliphatic rings. The third-order valence-corrected chi connectivity index (χ3v) is 8.24. The highest BCUT2D eigenvalue weighted by Gasteiger charge is 2.34. The first-order chi connectivity index (χ1) is 18.6. The average molecular weight is 572 g/mol. The zero-order valence-electron chi connectivity index (χ0n) is 22.6. The summed E-state index contributed by atoms with van der Waals surface area (Å²) in [5.41, 5.74) is 1.77. The molecule has 0 saturated heterocycles. The number of aryl methyl sites for hydroxylation is 1. The number of anilines is 1. The van der Waals surface area contributed by atoms with Crippen LogP contribution in [0.2, 0.25) is 5.02 Å². The third-order valence-electron chi connectivity index (χ3n) is 6.22. The summed E-state index contributed by atoms with van der Waals surface area (Å²) in [4.78, 5) is 28.5. The van der Waals surface area contributed by atoms with Crippen LogP contribution >= 0.6 is 11.6 Å². The second-order valence-corrected chi connectivity index (χ2v) is 11.3. The molecular weight excluding hydrogens is 538 g/mol. The van der Waals surface area contributed by atoms with Crippen molar-refractivity contribution >= 4 is 39.1 Å². The fourth-order valence-corrected chi connectivity index (χ4v) is 5.79. The molecule has 0 aromatic heterocycles. The Bertz CT molecular complexity index is 1380. The normalized spacial score (nSPS) is 11.9. The topological polar surface area (TPSA) is 96.0 Å². The van der Waals surface area contributed by atoms with Crippen LogP contribution in [0.15, 0.2) is 77.7 Å². The van der Waals surface area contributed by atoms with E-state index in [4.69, 9.17) is 16.3 Å². The number of rotatable bonds is 12. The lowest BCUT2D eigenvalue weighted by Gasteiger charge is -2.33. The van der Waals surface area contributed by atoms with Crippen LogP contribution in [0.25, 0.3) is 0 Å². The van der Waals surface area contributed by atoms with E-state index in [-0.39, 0.29) is 23.0 Å². The molecule has 1 unspecified atom stereocenters. The summed E-state index contributed by atoms with van der Waals surface area (Å²) in [5, 5.41) is 3.33. The number of ether oxygens (including phenoxy) is 1. The quantitative estimate of drug-likeness (QED) is 0.337. The number of hydrogen-bond acceptors (Lipinski definition) is 5. The molecule has 1 N–H and O–H groups in total. The van der Waals surface area contributed by atoms with E-state index < -0.39 is 28.5 Å². The fraction of sp³-hybridized carbons (Fsp3) is 0.310. The number of nitrogens with one attached hydrogen (secondary N) is 1. The van der Waals surface area contributed by atoms with Gasteiger partial charge in [-0.25, -0.2) is 8.42 Å². The van der Waals surface area contributed by atoms with Crippen molar-refractivity contribution in [3.63, 3.8) is 0 Å². The number of amides is 2. The van der Waals surface area contributed by atoms with Crippen LogP contribution in [0.5, 0.6) is 5.75 Å². The number of hydrogen-bond donors (Lipinski definition) is 1. The molecule has 0 aliphatic heterocycles. The van der Waals surface area contributed by atoms with Crippen molar-refractivity contribution < 1.29 is 22.7 Å². The minimum Gasteiger partial charge on any atom is -0.495 e. The smallest absolute Gasteiger partial charge is 0.264 e. The molecule has 0 saturated carbocycles. The molecule has 3 aromatic rings. The third kappa shape index (κ3) is 7.30. The number of carbonyl (C=O) groups excluding carboxylic acids is 2. The van der Waals surface area contributed by atoms with Gasteiger partial charge in [0, 0.05) is 18.1 Å². The van der Waals surface area contributed by atoms with E-state index in [1.54, 1.807) is 67.6 Å². The van der Waals surface area contributed by atoms with Crippen molar-refractivity contribution in [2.45, 2.75) is 44.7 Å². The molecule has 8 nitrogen and oxygen atoms in total. The first-order valence-electron chi connectivity index (χ1n) is 12.7. The van der Waals surface area contributed by atoms with Crippen molar-refractivity contribution in [1.82, 2.24) is 10.2 Å². The lowest BCUT2D eigenvalue weighted by Crippen LogP contribution is -2.52. The maximum Gasteiger partial charge on any atom is 0.264 e. The van der Waals surface area contributed by atoms with Crippen LogP contribution in [0.3, 0.4) is 0 Å². The highest BCUT2D eigenvalue weighted by Crippen LogP contribution is 2.33. The van der Waals surface area contributed by atoms with Crippen LogP contribution in [-0.2, 0) is 26.2 Å². The number of likely N-dealkylation sites (N-methyl/N-ethyl adjacent to an activating group) is 1. The van der Waals surface area contributed by atoms with Crippen molar-refractivity contribution in [3.05, 3.63) is 88.9 Å². The fourth-order valence-electron chi connectivity index (χ4n) is 4.23. The number of methoxy groups -OCH3 is 1. The first kappa shape index (κ1) is 30.0. The lowest BCUT2D eigenvalue weighted by molar-refractivity contribution is -0.140. The van der Waals surface area contributed by atoms with E-state index in [0.29, 0.717) is 23.7 Å². The number of nitrogens with zero attached hydrogens (tertiary/aromatic N) is 2. The highest BCUT2D eigenvalue weighted by molar-refractivity contribution is 7.92. The van der Waals surface area contributed by atoms with Gasteiger partial charge in [0.2, 0.25) is 11.8 Å². The van der Waals surface area contributed by atoms with Crippen molar-refractivity contribution in [3.8, 4) is 5.75 Å². The summed E-state index contributed by atoms with van der Waals surface area (Å²) in [5.74, 6) is -0.549. The van der Waals surface area contributed by atoms with Gasteiger partial charge in [0.15, 0.2) is 0 Å². The number of carbonyl (C=O) groups is 2. The molecule has 1 atom stereocenters. The zero-order valence-corrected chi connectivity index (χ0v) is 24.1. The van der Waals surface area contributed by atoms with Gasteiger partial charge >= 0.3 is 0 Å². The van der Waals surface area contributed by atoms with E-state index in [1.165, 1.54) is 24.1 Å². The summed E-state index contributed by atoms with van der Waals surface area (Å²) < 4.78 is 34.4. The van der Waals surface area contributed by atoms with Crippen LogP contribution in [0, 0.1) is 6.92 Å². The number of benzene rings is 3. The Kier molecular flexibility index (Phi) is 10.4. The molecule has 3 rings (SSSR count). The van der Waals surface area contributed by atoms with Crippen LogP contribution in [-0.4, -0.2) is 51.4 Å². The summed E-state index contributed by atoms with van der Waals surface area (Å²) in [6, 6.07) is 19.2. The van der Waals surface area contributed by atoms with Gasteiger partial charge in [-0.1, -0.05) is 54.9 Å². The predicted octanol–water partition coefficient (Wildman–Crippen LogP) is 4.80. The summed E-state index contributed by atoms with van der Waals surface area (Å²) in [6.07, 6.45) is 0.338. The van der Waals surface area contributed by atoms with Gasteiger partial charge in [-0.15, -0.1) is 0 Å². The maximum atomic E-state index is 14.0. The molecule has 0 aliphatic carbocycles. The van der Waals surface area contributed by atoms with E-state index >= 15 is 0 Å². The molecule has 0 bridgehead atoms. The van der Waals surface area contributed by atoms with Crippen LogP contribution in [0.4, 0.5) is 5.69 Å². The molecule has 3 aromatic carbocycles. The second kappa shape index (κ2) is 13.5. The Morgan fingerprint density at radius 1 is 1.00 bits per heavy atom. The molecule has 0 spiro atoms. The van der Waals surface area contributed by atoms with Crippen molar-refractivity contribution in [1.29, 1.82) is 0 Å². The molecule has 10 heteroatoms. The Morgan fingerprint density at radius 3 is 2.26 bits per heavy atom. The number of sulfonamides is 1. The van der Waals surface area contributed by atoms with Gasteiger partial charge < -0.3 is 15.0 Å². The van der Waals surface area contributed by atoms with Crippen LogP contribution in [0.1, 0.15) is 31.4 Å². The van der Waals surface area contributed by atoms with Gasteiger partial charge in [-0.05, 0) is 67.8 Å². The molecule has 208 valence electrons. The molecule has 0 radical (unpaired) electrons. The van der Waals surface area contributed by atoms with Crippen molar-refractivity contribution in [2.24, 2.45) is 0 Å². The minimum absolute atomic E-state index is 0.0291. The summed E-state index contributed by atoms with van der Waals surface area (Å²) in [6.45, 7) is 5.38. The average Bonchev–Trinajstić information content (AvgIpc) is 2.93. The molecule has 39 heavy (non-hydrogen) atoms. The van der Waals surface area contributed by atoms with E-state index in [1.807, 2.05) is 13.8 Å². The first-order valence-corrected chi connectivity index (χ1v) is 14.5. The standard InChI is InChI=1S/C29H34ClN3O5S/c1-5-25(29(35)31-6-2)32(19-22-13-15-23(30)16-14-22)28(34)20-33(26-18-21(3)12-17-27(26)38-4)39(36,37)24-10-8-7-9-11-24/h7-18,25H,5-6,19-20H2,1-4H3,(H,31,35). The second-order valence-electron chi connectivity index (χ2n) is 8.97. The predicted molar refractivity (Wildman–Crippen MR) is 153 cm³/mol. The van der Waals surface area contributed by atoms with E-state index in [0.717, 1.165) is 15.4 Å². The molecule has 0 heterocycles. The maximum absolute atomic E-state index is 14.0. The Hall–Kier alpha value is -3.56. The molecular formula is C29H34ClN3O5S. The SMILES string of the molecule is CCNC(=O)C(CC)N(Cc1ccc(Cl)cc1)C(=O)CN(c1cc(C)ccc1OC)S(=O)(=O)c1ccccc1. The summed E-state index contributed by atoms with van der Waals surface area (Å²) in [7, 11) is -2.74. The Labute approximate surface area is 235 Å². The Morgan fingerprint density at radius 2 is 1.67 bits per heavy atom. The monoisotopic (exact) mass is 571 g/mol. The largest absolute Gasteiger partial charge is 0.495 e. The molecule has 0 fully saturated rings. The van der Waals surface area contributed by atoms with Crippen molar-refractivity contribution in [2.75, 3.05) is 24.5 Å². The van der Waals surface area contributed by atoms with Gasteiger partial charge in [-0.2, -0.15) is 0 Å². The highest BCUT2D eigenvalue weighted by atomic mass is 35.5. The van der Waals surface area contributed by atoms with Gasteiger partial charge in [0.1, 0.15) is 18.3 Å². The number of halogens is 1. The zero-order chi connectivity index (χ0) is 28.6. The molecule has 2 amide bonds. The van der Waals surface area contributed by atoms with E-state index in [2.05, 4.69) is 5.32 Å². The minimum atomic E-state index is -4.19. The summed E-state index contributed by atoms with van der Waals surface area (Å²) >= 11 is 6.05.